The summed E-state index contributed by atoms with van der Waals surface area (Å²) >= 11 is 0. The maximum Gasteiger partial charge on any atom is 0.407 e. The highest BCUT2D eigenvalue weighted by molar-refractivity contribution is 7.88. The first-order valence-electron chi connectivity index (χ1n) is 5.07. The number of pyridine rings is 1. The summed E-state index contributed by atoms with van der Waals surface area (Å²) in [4.78, 5) is 3.84. The zero-order chi connectivity index (χ0) is 14.1. The van der Waals surface area contributed by atoms with Gasteiger partial charge in [0.05, 0.1) is 0 Å². The van der Waals surface area contributed by atoms with Gasteiger partial charge in [0.2, 0.25) is 0 Å². The fraction of sp³-hybridized carbons (Fsp3) is 0.182. The van der Waals surface area contributed by atoms with Crippen LogP contribution in [-0.2, 0) is 10.1 Å². The summed E-state index contributed by atoms with van der Waals surface area (Å²) in [6, 6.07) is 5.46. The van der Waals surface area contributed by atoms with E-state index in [0.29, 0.717) is 10.8 Å². The monoisotopic (exact) mass is 291 g/mol. The van der Waals surface area contributed by atoms with E-state index in [4.69, 9.17) is 0 Å². The van der Waals surface area contributed by atoms with E-state index in [9.17, 15) is 21.6 Å². The van der Waals surface area contributed by atoms with Crippen molar-refractivity contribution in [3.63, 3.8) is 0 Å². The Morgan fingerprint density at radius 2 is 1.95 bits per heavy atom. The van der Waals surface area contributed by atoms with Crippen LogP contribution in [0.5, 0.6) is 5.75 Å². The van der Waals surface area contributed by atoms with Gasteiger partial charge < -0.3 is 4.18 Å². The summed E-state index contributed by atoms with van der Waals surface area (Å²) in [6.07, 6.45) is 2.97. The Balaban J connectivity index is 2.37. The summed E-state index contributed by atoms with van der Waals surface area (Å²) in [7, 11) is -5.36. The normalized spacial score (nSPS) is 12.6. The Morgan fingerprint density at radius 3 is 2.63 bits per heavy atom. The quantitative estimate of drug-likeness (QED) is 0.812. The molecule has 0 aliphatic heterocycles. The lowest BCUT2D eigenvalue weighted by atomic mass is 10.2. The number of fused-ring (bicyclic) bond motifs is 1. The van der Waals surface area contributed by atoms with Gasteiger partial charge in [0.15, 0.2) is 6.67 Å². The second-order valence-corrected chi connectivity index (χ2v) is 5.37. The summed E-state index contributed by atoms with van der Waals surface area (Å²) < 4.78 is 64.2. The summed E-state index contributed by atoms with van der Waals surface area (Å²) in [5, 5.41) is -3.32. The molecule has 0 saturated carbocycles. The highest BCUT2D eigenvalue weighted by Gasteiger charge is 2.47. The average molecular weight is 291 g/mol. The van der Waals surface area contributed by atoms with E-state index in [2.05, 4.69) is 9.17 Å². The third-order valence-corrected chi connectivity index (χ3v) is 3.59. The molecule has 1 heterocycles. The smallest absolute Gasteiger partial charge is 0.378 e. The fourth-order valence-electron chi connectivity index (χ4n) is 1.37. The highest BCUT2D eigenvalue weighted by atomic mass is 32.2. The molecule has 0 spiro atoms. The molecular formula is C11H8F3NO3S. The van der Waals surface area contributed by atoms with Crippen LogP contribution < -0.4 is 4.18 Å². The van der Waals surface area contributed by atoms with Gasteiger partial charge in [0.1, 0.15) is 5.75 Å². The predicted molar refractivity (Wildman–Crippen MR) is 62.2 cm³/mol. The minimum absolute atomic E-state index is 0.313. The van der Waals surface area contributed by atoms with Crippen molar-refractivity contribution in [2.45, 2.75) is 5.25 Å². The molecular weight excluding hydrogens is 283 g/mol. The maximum atomic E-state index is 12.8. The first-order chi connectivity index (χ1) is 8.86. The molecule has 0 aliphatic carbocycles. The molecule has 0 bridgehead atoms. The average Bonchev–Trinajstić information content (AvgIpc) is 2.38. The second kappa shape index (κ2) is 4.69. The first kappa shape index (κ1) is 13.6. The van der Waals surface area contributed by atoms with Crippen LogP contribution in [0.4, 0.5) is 13.2 Å². The Hall–Kier alpha value is -1.83. The summed E-state index contributed by atoms with van der Waals surface area (Å²) in [6.45, 7) is -2.34. The van der Waals surface area contributed by atoms with Crippen LogP contribution in [0.2, 0.25) is 0 Å². The highest BCUT2D eigenvalue weighted by Crippen LogP contribution is 2.28. The van der Waals surface area contributed by atoms with E-state index in [1.165, 1.54) is 30.6 Å². The number of hydrogen-bond acceptors (Lipinski definition) is 4. The van der Waals surface area contributed by atoms with Gasteiger partial charge in [-0.3, -0.25) is 4.98 Å². The van der Waals surface area contributed by atoms with Crippen molar-refractivity contribution in [1.29, 1.82) is 0 Å². The predicted octanol–water partition coefficient (Wildman–Crippen LogP) is 2.51. The van der Waals surface area contributed by atoms with E-state index >= 15 is 0 Å². The van der Waals surface area contributed by atoms with Gasteiger partial charge in [0, 0.05) is 17.8 Å². The third-order valence-electron chi connectivity index (χ3n) is 2.34. The molecule has 0 atom stereocenters. The van der Waals surface area contributed by atoms with E-state index < -0.39 is 22.0 Å². The zero-order valence-corrected chi connectivity index (χ0v) is 10.2. The van der Waals surface area contributed by atoms with Crippen molar-refractivity contribution in [2.24, 2.45) is 0 Å². The van der Waals surface area contributed by atoms with Crippen LogP contribution in [0.15, 0.2) is 36.7 Å². The standard InChI is InChI=1S/C11H8F3NO3S/c12-7-11(13,14)19(16,17)18-10-2-1-9-6-15-4-3-8(9)5-10/h1-6H,7H2. The minimum atomic E-state index is -5.36. The van der Waals surface area contributed by atoms with Crippen LogP contribution in [0.1, 0.15) is 0 Å². The van der Waals surface area contributed by atoms with Crippen LogP contribution in [0.25, 0.3) is 10.8 Å². The number of aromatic nitrogens is 1. The molecule has 0 saturated heterocycles. The largest absolute Gasteiger partial charge is 0.407 e. The van der Waals surface area contributed by atoms with Crippen molar-refractivity contribution in [3.05, 3.63) is 36.7 Å². The molecule has 0 fully saturated rings. The van der Waals surface area contributed by atoms with Crippen molar-refractivity contribution < 1.29 is 25.8 Å². The number of alkyl halides is 3. The van der Waals surface area contributed by atoms with E-state index in [0.717, 1.165) is 0 Å². The van der Waals surface area contributed by atoms with Gasteiger partial charge in [-0.25, -0.2) is 4.39 Å². The molecule has 0 aliphatic rings. The number of nitrogens with zero attached hydrogens (tertiary/aromatic N) is 1. The fourth-order valence-corrected chi connectivity index (χ4v) is 1.98. The summed E-state index contributed by atoms with van der Waals surface area (Å²) in [5.74, 6) is -0.313. The molecule has 0 unspecified atom stereocenters. The first-order valence-corrected chi connectivity index (χ1v) is 6.48. The third kappa shape index (κ3) is 2.62. The minimum Gasteiger partial charge on any atom is -0.378 e. The van der Waals surface area contributed by atoms with Gasteiger partial charge >= 0.3 is 15.4 Å². The van der Waals surface area contributed by atoms with Gasteiger partial charge in [-0.1, -0.05) is 0 Å². The van der Waals surface area contributed by atoms with Crippen molar-refractivity contribution >= 4 is 20.9 Å². The lowest BCUT2D eigenvalue weighted by Gasteiger charge is -2.13. The molecule has 8 heteroatoms. The van der Waals surface area contributed by atoms with Crippen LogP contribution >= 0.6 is 0 Å². The topological polar surface area (TPSA) is 56.3 Å². The van der Waals surface area contributed by atoms with Gasteiger partial charge in [-0.15, -0.1) is 0 Å². The molecule has 0 radical (unpaired) electrons. The summed E-state index contributed by atoms with van der Waals surface area (Å²) in [5.41, 5.74) is 0. The van der Waals surface area contributed by atoms with Crippen molar-refractivity contribution in [1.82, 2.24) is 4.98 Å². The van der Waals surface area contributed by atoms with Crippen molar-refractivity contribution in [2.75, 3.05) is 6.67 Å². The molecule has 2 aromatic rings. The van der Waals surface area contributed by atoms with E-state index in [-0.39, 0.29) is 5.75 Å². The SMILES string of the molecule is O=S(=O)(Oc1ccc2cnccc2c1)C(F)(F)CF. The van der Waals surface area contributed by atoms with Gasteiger partial charge in [0.25, 0.3) is 0 Å². The maximum absolute atomic E-state index is 12.8. The van der Waals surface area contributed by atoms with Crippen molar-refractivity contribution in [3.8, 4) is 5.75 Å². The molecule has 0 amide bonds. The van der Waals surface area contributed by atoms with Crippen LogP contribution in [-0.4, -0.2) is 25.3 Å². The molecule has 19 heavy (non-hydrogen) atoms. The van der Waals surface area contributed by atoms with Gasteiger partial charge in [-0.2, -0.15) is 17.2 Å². The number of hydrogen-bond donors (Lipinski definition) is 0. The Labute approximate surface area is 107 Å². The Kier molecular flexibility index (Phi) is 3.36. The van der Waals surface area contributed by atoms with Crippen LogP contribution in [0.3, 0.4) is 0 Å². The Bertz CT molecular complexity index is 703. The zero-order valence-electron chi connectivity index (χ0n) is 9.39. The number of benzene rings is 1. The molecule has 4 nitrogen and oxygen atoms in total. The lowest BCUT2D eigenvalue weighted by molar-refractivity contribution is 0.0538. The second-order valence-electron chi connectivity index (χ2n) is 3.69. The number of rotatable bonds is 4. The van der Waals surface area contributed by atoms with Crippen LogP contribution in [0, 0.1) is 0 Å². The molecule has 2 rings (SSSR count). The molecule has 102 valence electrons. The van der Waals surface area contributed by atoms with Gasteiger partial charge in [-0.05, 0) is 29.7 Å². The number of halogens is 3. The molecule has 1 aromatic heterocycles. The Morgan fingerprint density at radius 1 is 1.21 bits per heavy atom. The lowest BCUT2D eigenvalue weighted by Crippen LogP contribution is -2.34. The molecule has 0 N–H and O–H groups in total. The molecule has 1 aromatic carbocycles. The van der Waals surface area contributed by atoms with E-state index in [1.807, 2.05) is 0 Å². The van der Waals surface area contributed by atoms with E-state index in [1.54, 1.807) is 6.07 Å².